The standard InChI is InChI=1S/C14H21NO9/c1-6(16)15-11-12(22-8(3)18)10(5-21-7(2)17)24-14(20)13(11)23-9(4)19/h10-14,20H,5H2,1-4H3,(H,15,16)/t10-,11?,12-,13-,14+/m1/s1. The molecule has 1 fully saturated rings. The van der Waals surface area contributed by atoms with Crippen LogP contribution in [0, 0.1) is 0 Å². The SMILES string of the molecule is CC(=O)NC1[C@@H](OC(C)=O)[C@@H](O)O[C@H](COC(C)=O)[C@H]1OC(C)=O. The Balaban J connectivity index is 3.11. The van der Waals surface area contributed by atoms with Crippen LogP contribution in [0.1, 0.15) is 27.7 Å². The molecule has 1 aliphatic heterocycles. The summed E-state index contributed by atoms with van der Waals surface area (Å²) in [6, 6.07) is -1.08. The van der Waals surface area contributed by atoms with Gasteiger partial charge in [-0.05, 0) is 0 Å². The average molecular weight is 347 g/mol. The monoisotopic (exact) mass is 347 g/mol. The number of hydrogen-bond donors (Lipinski definition) is 2. The number of rotatable bonds is 5. The lowest BCUT2D eigenvalue weighted by molar-refractivity contribution is -0.271. The molecule has 0 aliphatic carbocycles. The first kappa shape index (κ1) is 19.8. The molecule has 2 N–H and O–H groups in total. The van der Waals surface area contributed by atoms with Crippen molar-refractivity contribution in [3.8, 4) is 0 Å². The van der Waals surface area contributed by atoms with Gasteiger partial charge in [-0.2, -0.15) is 0 Å². The molecule has 1 amide bonds. The Labute approximate surface area is 138 Å². The van der Waals surface area contributed by atoms with E-state index in [2.05, 4.69) is 5.32 Å². The molecule has 1 unspecified atom stereocenters. The van der Waals surface area contributed by atoms with Gasteiger partial charge in [0.15, 0.2) is 18.5 Å². The summed E-state index contributed by atoms with van der Waals surface area (Å²) >= 11 is 0. The van der Waals surface area contributed by atoms with Crippen molar-refractivity contribution >= 4 is 23.8 Å². The van der Waals surface area contributed by atoms with Crippen LogP contribution in [0.25, 0.3) is 0 Å². The second-order valence-corrected chi connectivity index (χ2v) is 5.24. The van der Waals surface area contributed by atoms with Crippen molar-refractivity contribution in [2.75, 3.05) is 6.61 Å². The second-order valence-electron chi connectivity index (χ2n) is 5.24. The average Bonchev–Trinajstić information content (AvgIpc) is 2.42. The summed E-state index contributed by atoms with van der Waals surface area (Å²) in [6.07, 6.45) is -5.11. The van der Waals surface area contributed by atoms with Crippen molar-refractivity contribution in [2.24, 2.45) is 0 Å². The quantitative estimate of drug-likeness (QED) is 0.456. The number of carbonyl (C=O) groups excluding carboxylic acids is 4. The van der Waals surface area contributed by atoms with E-state index in [0.29, 0.717) is 0 Å². The van der Waals surface area contributed by atoms with E-state index in [0.717, 1.165) is 13.8 Å². The van der Waals surface area contributed by atoms with Gasteiger partial charge in [0.25, 0.3) is 0 Å². The molecule has 1 aliphatic rings. The topological polar surface area (TPSA) is 137 Å². The normalized spacial score (nSPS) is 29.3. The van der Waals surface area contributed by atoms with Gasteiger partial charge in [-0.1, -0.05) is 0 Å². The van der Waals surface area contributed by atoms with Crippen LogP contribution in [0.4, 0.5) is 0 Å². The predicted octanol–water partition coefficient (Wildman–Crippen LogP) is -1.37. The van der Waals surface area contributed by atoms with E-state index in [1.54, 1.807) is 0 Å². The van der Waals surface area contributed by atoms with Gasteiger partial charge in [0.1, 0.15) is 18.8 Å². The molecule has 0 radical (unpaired) electrons. The van der Waals surface area contributed by atoms with Gasteiger partial charge >= 0.3 is 17.9 Å². The number of hydrogen-bond acceptors (Lipinski definition) is 9. The summed E-state index contributed by atoms with van der Waals surface area (Å²) < 4.78 is 20.2. The molecule has 0 aromatic heterocycles. The van der Waals surface area contributed by atoms with Crippen LogP contribution >= 0.6 is 0 Å². The van der Waals surface area contributed by atoms with E-state index >= 15 is 0 Å². The van der Waals surface area contributed by atoms with Crippen molar-refractivity contribution in [3.63, 3.8) is 0 Å². The fraction of sp³-hybridized carbons (Fsp3) is 0.714. The molecule has 0 bridgehead atoms. The number of aliphatic hydroxyl groups is 1. The first-order chi connectivity index (χ1) is 11.1. The van der Waals surface area contributed by atoms with Crippen molar-refractivity contribution in [1.82, 2.24) is 5.32 Å². The molecule has 10 nitrogen and oxygen atoms in total. The highest BCUT2D eigenvalue weighted by Crippen LogP contribution is 2.25. The van der Waals surface area contributed by atoms with Gasteiger partial charge in [-0.3, -0.25) is 19.2 Å². The van der Waals surface area contributed by atoms with Crippen LogP contribution in [0.2, 0.25) is 0 Å². The molecule has 0 aromatic carbocycles. The Morgan fingerprint density at radius 1 is 0.958 bits per heavy atom. The molecule has 1 heterocycles. The largest absolute Gasteiger partial charge is 0.463 e. The smallest absolute Gasteiger partial charge is 0.303 e. The van der Waals surface area contributed by atoms with Crippen LogP contribution in [-0.4, -0.2) is 66.2 Å². The Bertz CT molecular complexity index is 506. The van der Waals surface area contributed by atoms with E-state index in [-0.39, 0.29) is 6.61 Å². The Kier molecular flexibility index (Phi) is 7.11. The van der Waals surface area contributed by atoms with E-state index in [4.69, 9.17) is 18.9 Å². The highest BCUT2D eigenvalue weighted by Gasteiger charge is 2.50. The molecular weight excluding hydrogens is 326 g/mol. The molecule has 0 saturated carbocycles. The van der Waals surface area contributed by atoms with Crippen LogP contribution in [-0.2, 0) is 38.1 Å². The fourth-order valence-electron chi connectivity index (χ4n) is 2.33. The summed E-state index contributed by atoms with van der Waals surface area (Å²) in [5.74, 6) is -2.52. The molecule has 24 heavy (non-hydrogen) atoms. The Hall–Kier alpha value is -2.20. The number of esters is 3. The van der Waals surface area contributed by atoms with Crippen molar-refractivity contribution < 1.29 is 43.2 Å². The number of amides is 1. The van der Waals surface area contributed by atoms with E-state index in [1.807, 2.05) is 0 Å². The van der Waals surface area contributed by atoms with Crippen LogP contribution in [0.3, 0.4) is 0 Å². The minimum Gasteiger partial charge on any atom is -0.463 e. The summed E-state index contributed by atoms with van der Waals surface area (Å²) in [6.45, 7) is 4.31. The second kappa shape index (κ2) is 8.60. The maximum atomic E-state index is 11.5. The molecular formula is C14H21NO9. The van der Waals surface area contributed by atoms with E-state index < -0.39 is 54.5 Å². The zero-order chi connectivity index (χ0) is 18.4. The minimum atomic E-state index is -1.61. The van der Waals surface area contributed by atoms with Gasteiger partial charge in [0.2, 0.25) is 5.91 Å². The minimum absolute atomic E-state index is 0.326. The Morgan fingerprint density at radius 2 is 1.50 bits per heavy atom. The summed E-state index contributed by atoms with van der Waals surface area (Å²) in [4.78, 5) is 45.0. The number of aliphatic hydroxyl groups excluding tert-OH is 1. The van der Waals surface area contributed by atoms with E-state index in [9.17, 15) is 24.3 Å². The highest BCUT2D eigenvalue weighted by atomic mass is 16.7. The molecule has 5 atom stereocenters. The molecule has 0 spiro atoms. The molecule has 0 aromatic rings. The lowest BCUT2D eigenvalue weighted by atomic mass is 9.95. The maximum Gasteiger partial charge on any atom is 0.303 e. The number of nitrogens with one attached hydrogen (secondary N) is 1. The Morgan fingerprint density at radius 3 is 1.96 bits per heavy atom. The third-order valence-corrected chi connectivity index (χ3v) is 3.09. The van der Waals surface area contributed by atoms with Crippen molar-refractivity contribution in [2.45, 2.75) is 58.3 Å². The number of ether oxygens (including phenoxy) is 4. The fourth-order valence-corrected chi connectivity index (χ4v) is 2.33. The van der Waals surface area contributed by atoms with E-state index in [1.165, 1.54) is 13.8 Å². The zero-order valence-corrected chi connectivity index (χ0v) is 13.8. The summed E-state index contributed by atoms with van der Waals surface area (Å²) in [5, 5.41) is 12.5. The molecule has 10 heteroatoms. The summed E-state index contributed by atoms with van der Waals surface area (Å²) in [7, 11) is 0. The lowest BCUT2D eigenvalue weighted by Gasteiger charge is -2.43. The third kappa shape index (κ3) is 5.78. The van der Waals surface area contributed by atoms with Gasteiger partial charge in [0, 0.05) is 27.7 Å². The first-order valence-corrected chi connectivity index (χ1v) is 7.20. The number of carbonyl (C=O) groups is 4. The zero-order valence-electron chi connectivity index (χ0n) is 13.8. The first-order valence-electron chi connectivity index (χ1n) is 7.20. The molecule has 1 saturated heterocycles. The highest BCUT2D eigenvalue weighted by molar-refractivity contribution is 5.74. The predicted molar refractivity (Wildman–Crippen MR) is 76.2 cm³/mol. The lowest BCUT2D eigenvalue weighted by Crippen LogP contribution is -2.66. The van der Waals surface area contributed by atoms with Crippen LogP contribution < -0.4 is 5.32 Å². The maximum absolute atomic E-state index is 11.5. The van der Waals surface area contributed by atoms with Gasteiger partial charge in [-0.25, -0.2) is 0 Å². The van der Waals surface area contributed by atoms with Crippen molar-refractivity contribution in [3.05, 3.63) is 0 Å². The van der Waals surface area contributed by atoms with Gasteiger partial charge < -0.3 is 29.4 Å². The van der Waals surface area contributed by atoms with Gasteiger partial charge in [0.05, 0.1) is 0 Å². The molecule has 1 rings (SSSR count). The van der Waals surface area contributed by atoms with Crippen LogP contribution in [0.5, 0.6) is 0 Å². The summed E-state index contributed by atoms with van der Waals surface area (Å²) in [5.41, 5.74) is 0. The van der Waals surface area contributed by atoms with Crippen molar-refractivity contribution in [1.29, 1.82) is 0 Å². The molecule has 136 valence electrons. The van der Waals surface area contributed by atoms with Crippen LogP contribution in [0.15, 0.2) is 0 Å². The van der Waals surface area contributed by atoms with Gasteiger partial charge in [-0.15, -0.1) is 0 Å². The third-order valence-electron chi connectivity index (χ3n) is 3.09.